The summed E-state index contributed by atoms with van der Waals surface area (Å²) in [7, 11) is 0. The molecule has 2 aromatic heterocycles. The molecule has 3 aromatic carbocycles. The number of nitrogens with one attached hydrogen (secondary N) is 1. The summed E-state index contributed by atoms with van der Waals surface area (Å²) in [6, 6.07) is 26.7. The molecule has 0 aliphatic heterocycles. The molecule has 9 heteroatoms. The Morgan fingerprint density at radius 3 is 2.34 bits per heavy atom. The molecule has 1 unspecified atom stereocenters. The summed E-state index contributed by atoms with van der Waals surface area (Å²) in [6.07, 6.45) is 0. The molecule has 0 aliphatic carbocycles. The molecule has 3 N–H and O–H groups in total. The number of anilines is 3. The maximum atomic E-state index is 13.5. The third kappa shape index (κ3) is 4.99. The first-order chi connectivity index (χ1) is 17.1. The predicted molar refractivity (Wildman–Crippen MR) is 140 cm³/mol. The molecule has 35 heavy (non-hydrogen) atoms. The number of hydrogen-bond donors (Lipinski definition) is 2. The highest BCUT2D eigenvalue weighted by atomic mass is 32.2. The van der Waals surface area contributed by atoms with Crippen LogP contribution in [0.15, 0.2) is 94.9 Å². The van der Waals surface area contributed by atoms with Crippen LogP contribution in [0.1, 0.15) is 24.4 Å². The number of rotatable bonds is 7. The highest BCUT2D eigenvalue weighted by molar-refractivity contribution is 7.98. The lowest BCUT2D eigenvalue weighted by Gasteiger charge is -2.20. The fourth-order valence-electron chi connectivity index (χ4n) is 3.79. The number of nitrogen functional groups attached to an aromatic ring is 1. The van der Waals surface area contributed by atoms with E-state index in [4.69, 9.17) is 10.7 Å². The number of hydrogen-bond acceptors (Lipinski definition) is 8. The van der Waals surface area contributed by atoms with Crippen LogP contribution in [-0.2, 0) is 5.75 Å². The first-order valence-corrected chi connectivity index (χ1v) is 12.1. The van der Waals surface area contributed by atoms with Crippen LogP contribution in [0.4, 0.5) is 17.6 Å². The van der Waals surface area contributed by atoms with Gasteiger partial charge in [0.2, 0.25) is 11.9 Å². The van der Waals surface area contributed by atoms with Crippen LogP contribution in [0.2, 0.25) is 0 Å². The molecule has 8 nitrogen and oxygen atoms in total. The van der Waals surface area contributed by atoms with Crippen LogP contribution in [0.25, 0.3) is 10.9 Å². The van der Waals surface area contributed by atoms with Crippen molar-refractivity contribution in [3.63, 3.8) is 0 Å². The van der Waals surface area contributed by atoms with Crippen molar-refractivity contribution in [3.05, 3.63) is 107 Å². The molecule has 0 spiro atoms. The van der Waals surface area contributed by atoms with Gasteiger partial charge in [-0.25, -0.2) is 4.98 Å². The minimum absolute atomic E-state index is 0.0870. The van der Waals surface area contributed by atoms with E-state index >= 15 is 0 Å². The van der Waals surface area contributed by atoms with Gasteiger partial charge in [0.25, 0.3) is 5.56 Å². The highest BCUT2D eigenvalue weighted by Gasteiger charge is 2.18. The lowest BCUT2D eigenvalue weighted by atomic mass is 10.1. The van der Waals surface area contributed by atoms with E-state index in [1.807, 2.05) is 91.9 Å². The van der Waals surface area contributed by atoms with Crippen molar-refractivity contribution in [2.45, 2.75) is 23.9 Å². The van der Waals surface area contributed by atoms with E-state index in [1.54, 1.807) is 4.57 Å². The molecule has 174 valence electrons. The summed E-state index contributed by atoms with van der Waals surface area (Å²) >= 11 is 1.39. The van der Waals surface area contributed by atoms with Gasteiger partial charge in [0.15, 0.2) is 5.16 Å². The average Bonchev–Trinajstić information content (AvgIpc) is 2.88. The van der Waals surface area contributed by atoms with E-state index < -0.39 is 0 Å². The maximum Gasteiger partial charge on any atom is 0.262 e. The molecule has 1 atom stereocenters. The number of nitrogens with two attached hydrogens (primary N) is 1. The standard InChI is InChI=1S/C26H23N7OS/c1-17(18-10-4-2-5-11-18)33-23(34)20-14-8-9-15-21(20)29-26(33)35-16-22-30-24(27)32-25(31-22)28-19-12-6-3-7-13-19/h2-15,17H,16H2,1H3,(H3,27,28,30,31,32). The van der Waals surface area contributed by atoms with E-state index in [2.05, 4.69) is 20.3 Å². The number of benzene rings is 3. The summed E-state index contributed by atoms with van der Waals surface area (Å²) in [4.78, 5) is 31.3. The van der Waals surface area contributed by atoms with E-state index in [1.165, 1.54) is 11.8 Å². The molecule has 0 bridgehead atoms. The minimum Gasteiger partial charge on any atom is -0.368 e. The number of aromatic nitrogens is 5. The van der Waals surface area contributed by atoms with E-state index in [0.29, 0.717) is 33.6 Å². The topological polar surface area (TPSA) is 112 Å². The summed E-state index contributed by atoms with van der Waals surface area (Å²) in [5, 5.41) is 4.31. The van der Waals surface area contributed by atoms with Crippen LogP contribution in [0.3, 0.4) is 0 Å². The van der Waals surface area contributed by atoms with Crippen molar-refractivity contribution in [1.82, 2.24) is 24.5 Å². The van der Waals surface area contributed by atoms with E-state index in [0.717, 1.165) is 11.3 Å². The largest absolute Gasteiger partial charge is 0.368 e. The zero-order valence-corrected chi connectivity index (χ0v) is 19.8. The molecule has 0 amide bonds. The molecule has 0 saturated heterocycles. The molecule has 5 aromatic rings. The third-order valence-corrected chi connectivity index (χ3v) is 6.45. The van der Waals surface area contributed by atoms with Crippen molar-refractivity contribution in [2.75, 3.05) is 11.1 Å². The quantitative estimate of drug-likeness (QED) is 0.252. The fourth-order valence-corrected chi connectivity index (χ4v) is 4.72. The van der Waals surface area contributed by atoms with Gasteiger partial charge in [0.05, 0.1) is 22.7 Å². The van der Waals surface area contributed by atoms with Gasteiger partial charge in [-0.3, -0.25) is 9.36 Å². The second-order valence-corrected chi connectivity index (χ2v) is 8.83. The average molecular weight is 482 g/mol. The Labute approximate surface area is 206 Å². The summed E-state index contributed by atoms with van der Waals surface area (Å²) in [5.41, 5.74) is 8.38. The first-order valence-electron chi connectivity index (χ1n) is 11.1. The maximum absolute atomic E-state index is 13.5. The zero-order chi connectivity index (χ0) is 24.2. The zero-order valence-electron chi connectivity index (χ0n) is 19.0. The van der Waals surface area contributed by atoms with Crippen molar-refractivity contribution in [1.29, 1.82) is 0 Å². The molecule has 0 saturated carbocycles. The molecule has 0 fully saturated rings. The van der Waals surface area contributed by atoms with Crippen molar-refractivity contribution < 1.29 is 0 Å². The highest BCUT2D eigenvalue weighted by Crippen LogP contribution is 2.27. The van der Waals surface area contributed by atoms with Crippen LogP contribution in [0, 0.1) is 0 Å². The molecule has 0 radical (unpaired) electrons. The summed E-state index contributed by atoms with van der Waals surface area (Å²) in [5.74, 6) is 1.33. The normalized spacial score (nSPS) is 11.9. The minimum atomic E-state index is -0.206. The van der Waals surface area contributed by atoms with Gasteiger partial charge in [-0.05, 0) is 36.8 Å². The first kappa shape index (κ1) is 22.5. The molecule has 0 aliphatic rings. The van der Waals surface area contributed by atoms with Crippen LogP contribution in [0.5, 0.6) is 0 Å². The third-order valence-electron chi connectivity index (χ3n) is 5.50. The number of thioether (sulfide) groups is 1. The Balaban J connectivity index is 1.49. The van der Waals surface area contributed by atoms with Crippen LogP contribution in [-0.4, -0.2) is 24.5 Å². The molecular formula is C26H23N7OS. The Morgan fingerprint density at radius 1 is 0.886 bits per heavy atom. The van der Waals surface area contributed by atoms with Gasteiger partial charge >= 0.3 is 0 Å². The summed E-state index contributed by atoms with van der Waals surface area (Å²) in [6.45, 7) is 2.00. The molecule has 5 rings (SSSR count). The van der Waals surface area contributed by atoms with Gasteiger partial charge in [-0.2, -0.15) is 15.0 Å². The Kier molecular flexibility index (Phi) is 6.40. The van der Waals surface area contributed by atoms with Crippen molar-refractivity contribution in [3.8, 4) is 0 Å². The lowest BCUT2D eigenvalue weighted by Crippen LogP contribution is -2.27. The van der Waals surface area contributed by atoms with Gasteiger partial charge in [-0.1, -0.05) is 72.4 Å². The van der Waals surface area contributed by atoms with Crippen LogP contribution >= 0.6 is 11.8 Å². The second kappa shape index (κ2) is 9.94. The van der Waals surface area contributed by atoms with Crippen molar-refractivity contribution >= 4 is 40.2 Å². The smallest absolute Gasteiger partial charge is 0.262 e. The van der Waals surface area contributed by atoms with Gasteiger partial charge < -0.3 is 11.1 Å². The van der Waals surface area contributed by atoms with Gasteiger partial charge in [0, 0.05) is 5.69 Å². The van der Waals surface area contributed by atoms with E-state index in [9.17, 15) is 4.79 Å². The second-order valence-electron chi connectivity index (χ2n) is 7.89. The Hall–Kier alpha value is -4.24. The van der Waals surface area contributed by atoms with Gasteiger partial charge in [0.1, 0.15) is 5.82 Å². The summed E-state index contributed by atoms with van der Waals surface area (Å²) < 4.78 is 1.73. The fraction of sp³-hybridized carbons (Fsp3) is 0.115. The number of para-hydroxylation sites is 2. The predicted octanol–water partition coefficient (Wildman–Crippen LogP) is 4.81. The monoisotopic (exact) mass is 481 g/mol. The molecule has 2 heterocycles. The Morgan fingerprint density at radius 2 is 1.57 bits per heavy atom. The number of fused-ring (bicyclic) bond motifs is 1. The Bertz CT molecular complexity index is 1520. The van der Waals surface area contributed by atoms with Gasteiger partial charge in [-0.15, -0.1) is 0 Å². The van der Waals surface area contributed by atoms with Crippen molar-refractivity contribution in [2.24, 2.45) is 0 Å². The number of nitrogens with zero attached hydrogens (tertiary/aromatic N) is 5. The molecular weight excluding hydrogens is 458 g/mol. The van der Waals surface area contributed by atoms with E-state index in [-0.39, 0.29) is 17.5 Å². The lowest BCUT2D eigenvalue weighted by molar-refractivity contribution is 0.548. The van der Waals surface area contributed by atoms with Crippen LogP contribution < -0.4 is 16.6 Å². The SMILES string of the molecule is CC(c1ccccc1)n1c(SCc2nc(N)nc(Nc3ccccc3)n2)nc2ccccc2c1=O.